The first-order valence-corrected chi connectivity index (χ1v) is 7.30. The topological polar surface area (TPSA) is 170 Å². The lowest BCUT2D eigenvalue weighted by molar-refractivity contribution is -0.143. The number of carboxylic acids is 1. The van der Waals surface area contributed by atoms with Crippen molar-refractivity contribution in [1.82, 2.24) is 20.6 Å². The Morgan fingerprint density at radius 1 is 1.30 bits per heavy atom. The van der Waals surface area contributed by atoms with E-state index in [9.17, 15) is 14.4 Å². The molecule has 11 heteroatoms. The first-order valence-electron chi connectivity index (χ1n) is 6.67. The summed E-state index contributed by atoms with van der Waals surface area (Å²) in [6.07, 6.45) is 3.17. The average Bonchev–Trinajstić information content (AvgIpc) is 3.02. The van der Waals surface area contributed by atoms with Crippen LogP contribution in [-0.2, 0) is 20.8 Å². The molecule has 0 aliphatic heterocycles. The van der Waals surface area contributed by atoms with Gasteiger partial charge >= 0.3 is 5.97 Å². The highest BCUT2D eigenvalue weighted by Crippen LogP contribution is 1.98. The lowest BCUT2D eigenvalue weighted by Crippen LogP contribution is -2.56. The van der Waals surface area contributed by atoms with E-state index in [-0.39, 0.29) is 12.2 Å². The number of aliphatic hydroxyl groups excluding tert-OH is 1. The number of hydrogen-bond donors (Lipinski definition) is 7. The van der Waals surface area contributed by atoms with Gasteiger partial charge in [-0.25, -0.2) is 9.78 Å². The summed E-state index contributed by atoms with van der Waals surface area (Å²) >= 11 is 3.95. The molecule has 0 saturated carbocycles. The van der Waals surface area contributed by atoms with E-state index in [0.717, 1.165) is 0 Å². The van der Waals surface area contributed by atoms with Crippen LogP contribution in [0, 0.1) is 0 Å². The highest BCUT2D eigenvalue weighted by atomic mass is 32.1. The lowest BCUT2D eigenvalue weighted by Gasteiger charge is -2.20. The van der Waals surface area contributed by atoms with Crippen LogP contribution >= 0.6 is 12.6 Å². The number of H-pyrrole nitrogens is 1. The number of nitrogens with two attached hydrogens (primary N) is 1. The largest absolute Gasteiger partial charge is 0.480 e. The zero-order chi connectivity index (χ0) is 17.4. The minimum atomic E-state index is -1.46. The van der Waals surface area contributed by atoms with E-state index in [1.54, 1.807) is 0 Å². The number of carboxylic acid groups (broad SMARTS) is 1. The van der Waals surface area contributed by atoms with E-state index < -0.39 is 42.5 Å². The maximum atomic E-state index is 12.0. The van der Waals surface area contributed by atoms with Crippen molar-refractivity contribution in [2.45, 2.75) is 24.5 Å². The maximum absolute atomic E-state index is 12.0. The zero-order valence-corrected chi connectivity index (χ0v) is 13.0. The van der Waals surface area contributed by atoms with Crippen LogP contribution < -0.4 is 16.4 Å². The molecule has 0 aliphatic rings. The first kappa shape index (κ1) is 18.9. The second-order valence-electron chi connectivity index (χ2n) is 4.71. The molecule has 128 valence electrons. The number of carbonyl (C=O) groups excluding carboxylic acids is 2. The molecule has 7 N–H and O–H groups in total. The molecular formula is C12H19N5O5S. The predicted octanol–water partition coefficient (Wildman–Crippen LogP) is -2.74. The van der Waals surface area contributed by atoms with Crippen molar-refractivity contribution >= 4 is 30.4 Å². The van der Waals surface area contributed by atoms with Gasteiger partial charge in [-0.2, -0.15) is 12.6 Å². The molecule has 0 radical (unpaired) electrons. The number of aromatic nitrogens is 2. The van der Waals surface area contributed by atoms with Crippen molar-refractivity contribution < 1.29 is 24.6 Å². The molecule has 0 fully saturated rings. The van der Waals surface area contributed by atoms with Crippen LogP contribution in [0.4, 0.5) is 0 Å². The summed E-state index contributed by atoms with van der Waals surface area (Å²) < 4.78 is 0. The summed E-state index contributed by atoms with van der Waals surface area (Å²) in [5.41, 5.74) is 6.39. The second-order valence-corrected chi connectivity index (χ2v) is 5.08. The van der Waals surface area contributed by atoms with Crippen LogP contribution in [0.2, 0.25) is 0 Å². The fourth-order valence-electron chi connectivity index (χ4n) is 1.66. The van der Waals surface area contributed by atoms with E-state index in [1.165, 1.54) is 12.5 Å². The van der Waals surface area contributed by atoms with Crippen LogP contribution in [0.3, 0.4) is 0 Å². The third kappa shape index (κ3) is 5.88. The molecule has 3 atom stereocenters. The van der Waals surface area contributed by atoms with E-state index in [2.05, 4.69) is 33.2 Å². The fourth-order valence-corrected chi connectivity index (χ4v) is 1.91. The van der Waals surface area contributed by atoms with Gasteiger partial charge in [0.05, 0.1) is 19.0 Å². The third-order valence-corrected chi connectivity index (χ3v) is 3.31. The summed E-state index contributed by atoms with van der Waals surface area (Å²) in [5.74, 6) is -2.82. The molecular weight excluding hydrogens is 326 g/mol. The van der Waals surface area contributed by atoms with Crippen LogP contribution in [0.5, 0.6) is 0 Å². The van der Waals surface area contributed by atoms with Crippen molar-refractivity contribution in [2.75, 3.05) is 12.4 Å². The number of aliphatic carboxylic acids is 1. The van der Waals surface area contributed by atoms with Crippen molar-refractivity contribution in [2.24, 2.45) is 5.73 Å². The fraction of sp³-hybridized carbons (Fsp3) is 0.500. The van der Waals surface area contributed by atoms with Gasteiger partial charge in [-0.05, 0) is 0 Å². The normalized spacial score (nSPS) is 14.6. The smallest absolute Gasteiger partial charge is 0.328 e. The number of carbonyl (C=O) groups is 3. The number of thiol groups is 1. The lowest BCUT2D eigenvalue weighted by atomic mass is 10.1. The van der Waals surface area contributed by atoms with Gasteiger partial charge in [0.1, 0.15) is 12.1 Å². The Balaban J connectivity index is 2.58. The van der Waals surface area contributed by atoms with Gasteiger partial charge in [-0.3, -0.25) is 9.59 Å². The molecule has 0 aromatic carbocycles. The highest BCUT2D eigenvalue weighted by molar-refractivity contribution is 7.80. The predicted molar refractivity (Wildman–Crippen MR) is 82.7 cm³/mol. The molecule has 2 amide bonds. The van der Waals surface area contributed by atoms with Crippen LogP contribution in [-0.4, -0.2) is 68.4 Å². The minimum Gasteiger partial charge on any atom is -0.480 e. The molecule has 0 saturated heterocycles. The van der Waals surface area contributed by atoms with E-state index >= 15 is 0 Å². The Morgan fingerprint density at radius 3 is 2.43 bits per heavy atom. The van der Waals surface area contributed by atoms with Crippen molar-refractivity contribution in [3.8, 4) is 0 Å². The summed E-state index contributed by atoms with van der Waals surface area (Å²) in [6.45, 7) is -0.770. The van der Waals surface area contributed by atoms with E-state index in [0.29, 0.717) is 5.69 Å². The van der Waals surface area contributed by atoms with Crippen molar-refractivity contribution in [3.05, 3.63) is 18.2 Å². The Labute approximate surface area is 137 Å². The molecule has 0 spiro atoms. The third-order valence-electron chi connectivity index (χ3n) is 2.94. The number of aliphatic hydroxyl groups is 1. The number of amides is 2. The number of imidazole rings is 1. The maximum Gasteiger partial charge on any atom is 0.328 e. The summed E-state index contributed by atoms with van der Waals surface area (Å²) in [4.78, 5) is 41.3. The SMILES string of the molecule is NC(Cc1cnc[nH]1)C(=O)NC(CS)C(=O)NC(CO)C(=O)O. The molecule has 0 aliphatic carbocycles. The van der Waals surface area contributed by atoms with Crippen LogP contribution in [0.1, 0.15) is 5.69 Å². The number of nitrogens with one attached hydrogen (secondary N) is 3. The van der Waals surface area contributed by atoms with Crippen molar-refractivity contribution in [1.29, 1.82) is 0 Å². The van der Waals surface area contributed by atoms with Crippen LogP contribution in [0.25, 0.3) is 0 Å². The summed E-state index contributed by atoms with van der Waals surface area (Å²) in [6, 6.07) is -3.45. The van der Waals surface area contributed by atoms with Gasteiger partial charge in [0.25, 0.3) is 0 Å². The molecule has 0 bridgehead atoms. The standard InChI is InChI=1S/C12H19N5O5S/c13-7(1-6-2-14-5-15-6)10(19)17-9(4-23)11(20)16-8(3-18)12(21)22/h2,5,7-9,18,23H,1,3-4,13H2,(H,14,15)(H,16,20)(H,17,19)(H,21,22). The summed E-state index contributed by atoms with van der Waals surface area (Å²) in [7, 11) is 0. The van der Waals surface area contributed by atoms with E-state index in [4.69, 9.17) is 15.9 Å². The van der Waals surface area contributed by atoms with Crippen molar-refractivity contribution in [3.63, 3.8) is 0 Å². The quantitative estimate of drug-likeness (QED) is 0.238. The van der Waals surface area contributed by atoms with Gasteiger partial charge in [-0.15, -0.1) is 0 Å². The Bertz CT molecular complexity index is 538. The Morgan fingerprint density at radius 2 is 1.96 bits per heavy atom. The van der Waals surface area contributed by atoms with Gasteiger partial charge in [0.2, 0.25) is 11.8 Å². The molecule has 10 nitrogen and oxygen atoms in total. The number of hydrogen-bond acceptors (Lipinski definition) is 7. The van der Waals surface area contributed by atoms with Gasteiger partial charge in [0, 0.05) is 24.1 Å². The zero-order valence-electron chi connectivity index (χ0n) is 12.1. The first-order chi connectivity index (χ1) is 10.9. The van der Waals surface area contributed by atoms with Gasteiger partial charge in [-0.1, -0.05) is 0 Å². The molecule has 23 heavy (non-hydrogen) atoms. The minimum absolute atomic E-state index is 0.0634. The van der Waals surface area contributed by atoms with E-state index in [1.807, 2.05) is 0 Å². The molecule has 1 aromatic heterocycles. The average molecular weight is 345 g/mol. The highest BCUT2D eigenvalue weighted by Gasteiger charge is 2.26. The second kappa shape index (κ2) is 9.12. The number of nitrogens with zero attached hydrogens (tertiary/aromatic N) is 1. The van der Waals surface area contributed by atoms with Crippen LogP contribution in [0.15, 0.2) is 12.5 Å². The molecule has 3 unspecified atom stereocenters. The molecule has 1 rings (SSSR count). The number of rotatable bonds is 9. The Kier molecular flexibility index (Phi) is 7.51. The monoisotopic (exact) mass is 345 g/mol. The summed E-state index contributed by atoms with van der Waals surface area (Å²) in [5, 5.41) is 22.1. The van der Waals surface area contributed by atoms with Gasteiger partial charge in [0.15, 0.2) is 0 Å². The van der Waals surface area contributed by atoms with Gasteiger partial charge < -0.3 is 31.6 Å². The number of aromatic amines is 1. The Hall–Kier alpha value is -2.11. The molecule has 1 aromatic rings. The molecule has 1 heterocycles.